The largest absolute Gasteiger partial charge is 0.478 e. The van der Waals surface area contributed by atoms with Crippen molar-refractivity contribution in [2.24, 2.45) is 56.7 Å². The highest BCUT2D eigenvalue weighted by molar-refractivity contribution is 5.94. The summed E-state index contributed by atoms with van der Waals surface area (Å²) in [5, 5.41) is 26.9. The molecular formula is C47H64N2O5. The van der Waals surface area contributed by atoms with Crippen molar-refractivity contribution in [2.75, 3.05) is 6.54 Å². The molecule has 7 rings (SSSR count). The SMILES string of the molecule is C=C(C)[C@@H]1CCC2(C(=O)NCc3cccc(C(=O)NCCc4ccccc4C(=O)O)c3)CC[C@]3(C)C(CCC4C5(C)CCC(O)C(C)(C)C5CCC43C)C12. The zero-order chi connectivity index (χ0) is 38.8. The van der Waals surface area contributed by atoms with E-state index in [2.05, 4.69) is 58.8 Å². The third-order valence-electron chi connectivity index (χ3n) is 17.1. The van der Waals surface area contributed by atoms with Crippen molar-refractivity contribution >= 4 is 17.8 Å². The molecule has 10 atom stereocenters. The van der Waals surface area contributed by atoms with E-state index in [9.17, 15) is 24.6 Å². The van der Waals surface area contributed by atoms with Crippen molar-refractivity contribution in [3.63, 3.8) is 0 Å². The Morgan fingerprint density at radius 1 is 0.815 bits per heavy atom. The number of aliphatic hydroxyl groups is 1. The number of hydrogen-bond donors (Lipinski definition) is 4. The number of benzene rings is 2. The molecule has 8 unspecified atom stereocenters. The molecule has 7 heteroatoms. The maximum Gasteiger partial charge on any atom is 0.335 e. The summed E-state index contributed by atoms with van der Waals surface area (Å²) >= 11 is 0. The van der Waals surface area contributed by atoms with Crippen LogP contribution in [0.5, 0.6) is 0 Å². The van der Waals surface area contributed by atoms with Crippen LogP contribution in [0, 0.1) is 56.7 Å². The highest BCUT2D eigenvalue weighted by Crippen LogP contribution is 2.77. The Balaban J connectivity index is 1.06. The molecule has 2 amide bonds. The number of nitrogens with one attached hydrogen (secondary N) is 2. The summed E-state index contributed by atoms with van der Waals surface area (Å²) in [5.74, 6) is 1.18. The minimum atomic E-state index is -0.975. The summed E-state index contributed by atoms with van der Waals surface area (Å²) in [7, 11) is 0. The number of carbonyl (C=O) groups excluding carboxylic acids is 2. The highest BCUT2D eigenvalue weighted by atomic mass is 16.4. The molecule has 7 nitrogen and oxygen atoms in total. The van der Waals surface area contributed by atoms with Crippen molar-refractivity contribution < 1.29 is 24.6 Å². The first kappa shape index (κ1) is 38.8. The van der Waals surface area contributed by atoms with Gasteiger partial charge in [-0.3, -0.25) is 9.59 Å². The summed E-state index contributed by atoms with van der Waals surface area (Å²) in [5.41, 5.74) is 3.60. The van der Waals surface area contributed by atoms with Crippen LogP contribution in [0.25, 0.3) is 0 Å². The van der Waals surface area contributed by atoms with Crippen molar-refractivity contribution in [2.45, 2.75) is 125 Å². The van der Waals surface area contributed by atoms with Gasteiger partial charge in [-0.2, -0.15) is 0 Å². The molecule has 0 aliphatic heterocycles. The maximum atomic E-state index is 14.7. The lowest BCUT2D eigenvalue weighted by atomic mass is 9.32. The Labute approximate surface area is 323 Å². The monoisotopic (exact) mass is 736 g/mol. The van der Waals surface area contributed by atoms with E-state index >= 15 is 0 Å². The molecule has 2 aromatic carbocycles. The van der Waals surface area contributed by atoms with E-state index in [0.717, 1.165) is 50.5 Å². The number of amides is 2. The second-order valence-corrected chi connectivity index (χ2v) is 19.6. The van der Waals surface area contributed by atoms with Crippen LogP contribution in [0.15, 0.2) is 60.7 Å². The van der Waals surface area contributed by atoms with E-state index in [1.807, 2.05) is 18.2 Å². The van der Waals surface area contributed by atoms with Gasteiger partial charge >= 0.3 is 5.97 Å². The average molecular weight is 737 g/mol. The molecule has 0 saturated heterocycles. The maximum absolute atomic E-state index is 14.7. The predicted molar refractivity (Wildman–Crippen MR) is 213 cm³/mol. The van der Waals surface area contributed by atoms with Crippen LogP contribution in [-0.2, 0) is 17.8 Å². The number of allylic oxidation sites excluding steroid dienone is 1. The molecule has 54 heavy (non-hydrogen) atoms. The fraction of sp³-hybridized carbons (Fsp3) is 0.638. The van der Waals surface area contributed by atoms with Crippen LogP contribution in [0.4, 0.5) is 0 Å². The van der Waals surface area contributed by atoms with E-state index in [1.165, 1.54) is 24.8 Å². The number of rotatable bonds is 9. The van der Waals surface area contributed by atoms with Crippen LogP contribution < -0.4 is 10.6 Å². The second kappa shape index (κ2) is 13.9. The van der Waals surface area contributed by atoms with Gasteiger partial charge in [0.2, 0.25) is 5.91 Å². The number of carboxylic acid groups (broad SMARTS) is 1. The fourth-order valence-electron chi connectivity index (χ4n) is 14.1. The molecule has 4 N–H and O–H groups in total. The molecule has 0 aromatic heterocycles. The van der Waals surface area contributed by atoms with Crippen LogP contribution >= 0.6 is 0 Å². The van der Waals surface area contributed by atoms with Gasteiger partial charge in [0.25, 0.3) is 5.91 Å². The van der Waals surface area contributed by atoms with E-state index in [-0.39, 0.29) is 51.1 Å². The minimum absolute atomic E-state index is 0.0675. The lowest BCUT2D eigenvalue weighted by Crippen LogP contribution is -2.67. The zero-order valence-electron chi connectivity index (χ0n) is 33.6. The third kappa shape index (κ3) is 5.97. The summed E-state index contributed by atoms with van der Waals surface area (Å²) in [6, 6.07) is 14.3. The van der Waals surface area contributed by atoms with Crippen LogP contribution in [0.1, 0.15) is 138 Å². The molecule has 0 radical (unpaired) electrons. The van der Waals surface area contributed by atoms with Gasteiger partial charge in [-0.25, -0.2) is 4.79 Å². The molecule has 0 heterocycles. The molecular weight excluding hydrogens is 673 g/mol. The summed E-state index contributed by atoms with van der Waals surface area (Å²) < 4.78 is 0. The first-order valence-electron chi connectivity index (χ1n) is 20.8. The lowest BCUT2D eigenvalue weighted by Gasteiger charge is -2.72. The van der Waals surface area contributed by atoms with Crippen molar-refractivity contribution in [3.05, 3.63) is 82.9 Å². The molecule has 5 saturated carbocycles. The van der Waals surface area contributed by atoms with Gasteiger partial charge in [0.1, 0.15) is 0 Å². The predicted octanol–water partition coefficient (Wildman–Crippen LogP) is 8.99. The molecule has 2 aromatic rings. The number of hydrogen-bond acceptors (Lipinski definition) is 4. The Morgan fingerprint density at radius 2 is 1.57 bits per heavy atom. The van der Waals surface area contributed by atoms with Crippen molar-refractivity contribution in [1.82, 2.24) is 10.6 Å². The Bertz CT molecular complexity index is 1820. The van der Waals surface area contributed by atoms with E-state index in [1.54, 1.807) is 30.3 Å². The van der Waals surface area contributed by atoms with Crippen molar-refractivity contribution in [3.8, 4) is 0 Å². The molecule has 5 fully saturated rings. The molecule has 0 bridgehead atoms. The number of aliphatic hydroxyl groups excluding tert-OH is 1. The highest BCUT2D eigenvalue weighted by Gasteiger charge is 2.71. The Hall–Kier alpha value is -3.45. The smallest absolute Gasteiger partial charge is 0.335 e. The summed E-state index contributed by atoms with van der Waals surface area (Å²) in [4.78, 5) is 39.4. The van der Waals surface area contributed by atoms with Crippen LogP contribution in [0.3, 0.4) is 0 Å². The number of carbonyl (C=O) groups is 3. The van der Waals surface area contributed by atoms with Crippen LogP contribution in [-0.4, -0.2) is 40.6 Å². The van der Waals surface area contributed by atoms with Crippen molar-refractivity contribution in [1.29, 1.82) is 0 Å². The number of fused-ring (bicyclic) bond motifs is 7. The second-order valence-electron chi connectivity index (χ2n) is 19.6. The van der Waals surface area contributed by atoms with Gasteiger partial charge in [-0.15, -0.1) is 0 Å². The third-order valence-corrected chi connectivity index (χ3v) is 17.1. The summed E-state index contributed by atoms with van der Waals surface area (Å²) in [6.45, 7) is 19.8. The van der Waals surface area contributed by atoms with Gasteiger partial charge in [-0.05, 0) is 158 Å². The normalized spacial score (nSPS) is 37.8. The van der Waals surface area contributed by atoms with Gasteiger partial charge in [0.15, 0.2) is 0 Å². The zero-order valence-corrected chi connectivity index (χ0v) is 33.6. The first-order chi connectivity index (χ1) is 25.5. The molecule has 292 valence electrons. The molecule has 5 aliphatic rings. The number of carboxylic acids is 1. The van der Waals surface area contributed by atoms with Crippen LogP contribution in [0.2, 0.25) is 0 Å². The van der Waals surface area contributed by atoms with Gasteiger partial charge in [0.05, 0.1) is 17.1 Å². The Kier molecular flexibility index (Phi) is 10.0. The molecule has 5 aliphatic carbocycles. The number of aromatic carboxylic acids is 1. The fourth-order valence-corrected chi connectivity index (χ4v) is 14.1. The quantitative estimate of drug-likeness (QED) is 0.192. The van der Waals surface area contributed by atoms with E-state index < -0.39 is 11.4 Å². The lowest BCUT2D eigenvalue weighted by molar-refractivity contribution is -0.246. The first-order valence-corrected chi connectivity index (χ1v) is 20.8. The standard InChI is InChI=1S/C47H64N2O5/c1-29(2)33-17-23-47(42(54)49-28-30-11-10-13-32(27-30)40(51)48-26-20-31-12-8-9-14-34(31)41(52)53)25-24-45(6)35(39(33)47)15-16-37-44(5)21-19-38(50)43(3,4)36(44)18-22-46(37,45)7/h8-14,27,33,35-39,50H,1,15-26,28H2,2-7H3,(H,48,51)(H,49,54)(H,52,53)/t33-,35?,36?,37?,38?,39?,44?,45+,46?,47?/m0/s1. The topological polar surface area (TPSA) is 116 Å². The van der Waals surface area contributed by atoms with Gasteiger partial charge in [0, 0.05) is 18.7 Å². The van der Waals surface area contributed by atoms with Gasteiger partial charge in [-0.1, -0.05) is 77.1 Å². The average Bonchev–Trinajstić information content (AvgIpc) is 3.54. The van der Waals surface area contributed by atoms with Gasteiger partial charge < -0.3 is 20.8 Å². The molecule has 0 spiro atoms. The van der Waals surface area contributed by atoms with E-state index in [0.29, 0.717) is 54.3 Å². The van der Waals surface area contributed by atoms with E-state index in [4.69, 9.17) is 0 Å². The minimum Gasteiger partial charge on any atom is -0.478 e. The Morgan fingerprint density at radius 3 is 2.31 bits per heavy atom. The summed E-state index contributed by atoms with van der Waals surface area (Å²) in [6.07, 6.45) is 10.8.